The number of carboxylic acids is 2. The summed E-state index contributed by atoms with van der Waals surface area (Å²) < 4.78 is 3.25. The smallest absolute Gasteiger partial charge is 0.0517 e. The Kier molecular flexibility index (Phi) is 23.0. The van der Waals surface area contributed by atoms with Crippen molar-refractivity contribution in [3.05, 3.63) is 22.0 Å². The van der Waals surface area contributed by atoms with Gasteiger partial charge in [-0.3, -0.25) is 0 Å². The summed E-state index contributed by atoms with van der Waals surface area (Å²) >= 11 is 2.96. The second-order valence-corrected chi connectivity index (χ2v) is 14.1. The van der Waals surface area contributed by atoms with E-state index in [4.69, 9.17) is 0 Å². The Balaban J connectivity index is 0.000000439. The van der Waals surface area contributed by atoms with Gasteiger partial charge in [0.1, 0.15) is 0 Å². The van der Waals surface area contributed by atoms with Gasteiger partial charge in [0.2, 0.25) is 0 Å². The second kappa shape index (κ2) is 23.1. The van der Waals surface area contributed by atoms with Crippen LogP contribution in [0.3, 0.4) is 0 Å². The molecule has 2 aliphatic carbocycles. The van der Waals surface area contributed by atoms with Crippen LogP contribution in [0.1, 0.15) is 90.9 Å². The fraction of sp³-hybridized carbons (Fsp3) is 0.750. The quantitative estimate of drug-likeness (QED) is 0.241. The summed E-state index contributed by atoms with van der Waals surface area (Å²) in [5.41, 5.74) is 0. The summed E-state index contributed by atoms with van der Waals surface area (Å²) in [7, 11) is 0. The Labute approximate surface area is 208 Å². The van der Waals surface area contributed by atoms with Crippen LogP contribution in [-0.2, 0) is 9.59 Å². The van der Waals surface area contributed by atoms with Gasteiger partial charge >= 0.3 is 69.5 Å². The van der Waals surface area contributed by atoms with Gasteiger partial charge in [0, 0.05) is 11.5 Å². The molecule has 2 aliphatic rings. The average molecular weight is 575 g/mol. The Bertz CT molecular complexity index is 490. The molecule has 7 heteroatoms. The van der Waals surface area contributed by atoms with Gasteiger partial charge < -0.3 is 19.8 Å². The summed E-state index contributed by atoms with van der Waals surface area (Å²) in [5.74, 6) is -1.74. The number of aliphatic carboxylic acids is 2. The molecule has 31 heavy (non-hydrogen) atoms. The molecule has 176 valence electrons. The van der Waals surface area contributed by atoms with E-state index in [1.165, 1.54) is 84.7 Å². The van der Waals surface area contributed by atoms with E-state index in [2.05, 4.69) is 26.0 Å². The van der Waals surface area contributed by atoms with E-state index in [1.807, 2.05) is 0 Å². The SMILES string of the molecule is CCC[CH2][Sn+2][CH2]CCC.O=C([O-])CSC1=CCCCC1.O=C([O-])CSC1=CCCCC1. The Morgan fingerprint density at radius 2 is 1.23 bits per heavy atom. The molecule has 0 spiro atoms. The molecule has 0 saturated carbocycles. The van der Waals surface area contributed by atoms with Crippen LogP contribution in [0.4, 0.5) is 0 Å². The first-order valence-electron chi connectivity index (χ1n) is 11.7. The van der Waals surface area contributed by atoms with Crippen molar-refractivity contribution in [3.8, 4) is 0 Å². The maximum atomic E-state index is 10.1. The number of unbranched alkanes of at least 4 members (excludes halogenated alkanes) is 2. The Morgan fingerprint density at radius 1 is 0.806 bits per heavy atom. The number of carboxylic acid groups (broad SMARTS) is 2. The van der Waals surface area contributed by atoms with Crippen LogP contribution in [0.25, 0.3) is 0 Å². The minimum Gasteiger partial charge on any atom is -0.549 e. The first-order chi connectivity index (χ1) is 15.0. The molecule has 0 aromatic heterocycles. The largest absolute Gasteiger partial charge is 0.549 e. The van der Waals surface area contributed by atoms with Crippen LogP contribution in [-0.4, -0.2) is 44.6 Å². The minimum atomic E-state index is -0.971. The van der Waals surface area contributed by atoms with Crippen molar-refractivity contribution in [2.75, 3.05) is 11.5 Å². The second-order valence-electron chi connectivity index (χ2n) is 7.61. The standard InChI is InChI=1S/2C8H12O2S.2C4H9.Sn/c2*9-8(10)6-11-7-4-2-1-3-5-7;2*1-3-4-2;/h2*4H,1-3,5-6H2,(H,9,10);2*1,3-4H2,2H3;/q;;;;+2/p-2. The zero-order chi connectivity index (χ0) is 23.2. The predicted octanol–water partition coefficient (Wildman–Crippen LogP) is 4.98. The van der Waals surface area contributed by atoms with E-state index in [-0.39, 0.29) is 32.6 Å². The van der Waals surface area contributed by atoms with Crippen molar-refractivity contribution in [2.24, 2.45) is 0 Å². The van der Waals surface area contributed by atoms with Crippen molar-refractivity contribution >= 4 is 56.6 Å². The van der Waals surface area contributed by atoms with Crippen LogP contribution in [0, 0.1) is 0 Å². The fourth-order valence-electron chi connectivity index (χ4n) is 2.91. The van der Waals surface area contributed by atoms with E-state index in [0.29, 0.717) is 0 Å². The van der Waals surface area contributed by atoms with E-state index in [9.17, 15) is 19.8 Å². The monoisotopic (exact) mass is 576 g/mol. The van der Waals surface area contributed by atoms with Crippen LogP contribution >= 0.6 is 23.5 Å². The van der Waals surface area contributed by atoms with Crippen LogP contribution in [0.15, 0.2) is 22.0 Å². The van der Waals surface area contributed by atoms with Crippen molar-refractivity contribution in [1.29, 1.82) is 0 Å². The van der Waals surface area contributed by atoms with Crippen molar-refractivity contribution in [1.82, 2.24) is 0 Å². The Hall–Kier alpha value is -0.0813. The molecule has 2 rings (SSSR count). The molecule has 0 unspecified atom stereocenters. The van der Waals surface area contributed by atoms with Gasteiger partial charge in [0.15, 0.2) is 0 Å². The number of rotatable bonds is 12. The third-order valence-corrected chi connectivity index (χ3v) is 10.9. The molecule has 0 atom stereocenters. The first-order valence-corrected chi connectivity index (χ1v) is 17.7. The molecule has 0 aromatic carbocycles. The summed E-state index contributed by atoms with van der Waals surface area (Å²) in [6.45, 7) is 4.58. The van der Waals surface area contributed by atoms with E-state index in [0.717, 1.165) is 25.7 Å². The third kappa shape index (κ3) is 22.9. The van der Waals surface area contributed by atoms with Gasteiger partial charge in [-0.25, -0.2) is 0 Å². The van der Waals surface area contributed by atoms with Gasteiger partial charge in [0.25, 0.3) is 0 Å². The third-order valence-electron chi connectivity index (χ3n) is 4.66. The normalized spacial score (nSPS) is 15.2. The molecule has 0 N–H and O–H groups in total. The molecule has 0 saturated heterocycles. The van der Waals surface area contributed by atoms with Crippen LogP contribution in [0.5, 0.6) is 0 Å². The van der Waals surface area contributed by atoms with Gasteiger partial charge in [-0.2, -0.15) is 0 Å². The summed E-state index contributed by atoms with van der Waals surface area (Å²) in [5, 5.41) is 20.2. The molecule has 0 aliphatic heterocycles. The molecular formula is C24H40O4S2Sn. The maximum Gasteiger partial charge on any atom is 0.0517 e. The summed E-state index contributed by atoms with van der Waals surface area (Å²) in [6.07, 6.45) is 19.3. The average Bonchev–Trinajstić information content (AvgIpc) is 2.78. The number of hydrogen-bond donors (Lipinski definition) is 0. The topological polar surface area (TPSA) is 80.3 Å². The number of thioether (sulfide) groups is 2. The minimum absolute atomic E-state index is 0.103. The summed E-state index contributed by atoms with van der Waals surface area (Å²) in [6, 6.07) is 0. The number of carbonyl (C=O) groups is 2. The number of carbonyl (C=O) groups excluding carboxylic acids is 2. The molecule has 4 nitrogen and oxygen atoms in total. The zero-order valence-corrected chi connectivity index (χ0v) is 23.9. The van der Waals surface area contributed by atoms with Crippen molar-refractivity contribution < 1.29 is 19.8 Å². The number of hydrogen-bond acceptors (Lipinski definition) is 6. The molecule has 0 amide bonds. The number of allylic oxidation sites excluding steroid dienone is 4. The van der Waals surface area contributed by atoms with Gasteiger partial charge in [0.05, 0.1) is 11.9 Å². The molecule has 0 heterocycles. The molecule has 0 radical (unpaired) electrons. The van der Waals surface area contributed by atoms with E-state index < -0.39 is 11.9 Å². The predicted molar refractivity (Wildman–Crippen MR) is 133 cm³/mol. The van der Waals surface area contributed by atoms with E-state index >= 15 is 0 Å². The van der Waals surface area contributed by atoms with Crippen molar-refractivity contribution in [3.63, 3.8) is 0 Å². The maximum absolute atomic E-state index is 10.1. The fourth-order valence-corrected chi connectivity index (χ4v) is 8.73. The molecule has 0 aromatic rings. The molecular weight excluding hydrogens is 535 g/mol. The van der Waals surface area contributed by atoms with Crippen molar-refractivity contribution in [2.45, 2.75) is 99.8 Å². The van der Waals surface area contributed by atoms with Gasteiger partial charge in [-0.15, -0.1) is 23.5 Å². The van der Waals surface area contributed by atoms with Gasteiger partial charge in [-0.1, -0.05) is 12.2 Å². The van der Waals surface area contributed by atoms with Gasteiger partial charge in [-0.05, 0) is 61.2 Å². The Morgan fingerprint density at radius 3 is 1.52 bits per heavy atom. The summed E-state index contributed by atoms with van der Waals surface area (Å²) in [4.78, 5) is 22.6. The van der Waals surface area contributed by atoms with E-state index in [1.54, 1.807) is 8.87 Å². The zero-order valence-electron chi connectivity index (χ0n) is 19.4. The van der Waals surface area contributed by atoms with Crippen LogP contribution in [0.2, 0.25) is 8.87 Å². The molecule has 0 bridgehead atoms. The first kappa shape index (κ1) is 30.9. The molecule has 0 fully saturated rings. The van der Waals surface area contributed by atoms with Crippen LogP contribution < -0.4 is 10.2 Å².